The summed E-state index contributed by atoms with van der Waals surface area (Å²) in [5, 5.41) is 9.63. The molecule has 5 nitrogen and oxygen atoms in total. The van der Waals surface area contributed by atoms with Crippen molar-refractivity contribution in [2.24, 2.45) is 0 Å². The molecule has 1 aromatic rings. The summed E-state index contributed by atoms with van der Waals surface area (Å²) in [5.74, 6) is -0.356. The van der Waals surface area contributed by atoms with Gasteiger partial charge in [0.1, 0.15) is 11.3 Å². The molecule has 0 radical (unpaired) electrons. The number of hydrogen-bond donors (Lipinski definition) is 1. The van der Waals surface area contributed by atoms with Crippen molar-refractivity contribution in [2.45, 2.75) is 45.1 Å². The van der Waals surface area contributed by atoms with Gasteiger partial charge in [0.15, 0.2) is 17.6 Å². The highest BCUT2D eigenvalue weighted by molar-refractivity contribution is 6.18. The zero-order valence-electron chi connectivity index (χ0n) is 11.4. The Labute approximate surface area is 117 Å². The first kappa shape index (κ1) is 14.4. The van der Waals surface area contributed by atoms with Gasteiger partial charge < -0.3 is 14.3 Å². The summed E-state index contributed by atoms with van der Waals surface area (Å²) in [6.45, 7) is 1.54. The van der Waals surface area contributed by atoms with E-state index in [4.69, 9.17) is 9.15 Å². The minimum absolute atomic E-state index is 0.177. The first-order valence-electron chi connectivity index (χ1n) is 6.79. The van der Waals surface area contributed by atoms with E-state index in [-0.39, 0.29) is 23.5 Å². The van der Waals surface area contributed by atoms with Crippen LogP contribution in [0.1, 0.15) is 38.4 Å². The maximum Gasteiger partial charge on any atom is 0.346 e. The standard InChI is InChI=1S/C15H18O5/c1-10-14(17)13(15(18)20-10)12(16)8-4-2-3-6-11-7-5-9-19-11/h5,7,9-10,17H,2-4,6,8H2,1H3/t10-/m0/s1. The molecular formula is C15H18O5. The first-order chi connectivity index (χ1) is 9.59. The van der Waals surface area contributed by atoms with Gasteiger partial charge in [-0.05, 0) is 31.9 Å². The van der Waals surface area contributed by atoms with Gasteiger partial charge in [-0.15, -0.1) is 0 Å². The molecule has 0 amide bonds. The van der Waals surface area contributed by atoms with Crippen LogP contribution in [0.25, 0.3) is 0 Å². The molecule has 20 heavy (non-hydrogen) atoms. The van der Waals surface area contributed by atoms with Gasteiger partial charge in [-0.3, -0.25) is 4.79 Å². The second-order valence-corrected chi connectivity index (χ2v) is 4.87. The number of Topliss-reactive ketones (excluding diaryl/α,β-unsaturated/α-hetero) is 1. The Kier molecular flexibility index (Phi) is 4.61. The maximum absolute atomic E-state index is 11.9. The lowest BCUT2D eigenvalue weighted by atomic mass is 10.0. The molecule has 0 saturated heterocycles. The highest BCUT2D eigenvalue weighted by Gasteiger charge is 2.35. The number of aryl methyl sites for hydroxylation is 1. The van der Waals surface area contributed by atoms with E-state index >= 15 is 0 Å². The maximum atomic E-state index is 11.9. The van der Waals surface area contributed by atoms with Crippen molar-refractivity contribution < 1.29 is 23.8 Å². The summed E-state index contributed by atoms with van der Waals surface area (Å²) in [4.78, 5) is 23.3. The average molecular weight is 278 g/mol. The van der Waals surface area contributed by atoms with Crippen LogP contribution in [-0.4, -0.2) is 23.0 Å². The van der Waals surface area contributed by atoms with Crippen LogP contribution < -0.4 is 0 Å². The van der Waals surface area contributed by atoms with Gasteiger partial charge in [0, 0.05) is 12.8 Å². The number of cyclic esters (lactones) is 1. The van der Waals surface area contributed by atoms with Gasteiger partial charge in [-0.1, -0.05) is 6.42 Å². The van der Waals surface area contributed by atoms with E-state index in [1.807, 2.05) is 12.1 Å². The lowest BCUT2D eigenvalue weighted by Gasteiger charge is -2.00. The molecule has 1 atom stereocenters. The van der Waals surface area contributed by atoms with Crippen molar-refractivity contribution in [1.29, 1.82) is 0 Å². The summed E-state index contributed by atoms with van der Waals surface area (Å²) in [5.41, 5.74) is -0.177. The minimum atomic E-state index is -0.712. The lowest BCUT2D eigenvalue weighted by molar-refractivity contribution is -0.140. The van der Waals surface area contributed by atoms with E-state index in [1.54, 1.807) is 6.26 Å². The predicted molar refractivity (Wildman–Crippen MR) is 71.1 cm³/mol. The normalized spacial score (nSPS) is 18.4. The highest BCUT2D eigenvalue weighted by Crippen LogP contribution is 2.22. The number of furan rings is 1. The molecule has 1 aliphatic heterocycles. The predicted octanol–water partition coefficient (Wildman–Crippen LogP) is 2.71. The molecule has 0 spiro atoms. The Morgan fingerprint density at radius 1 is 1.35 bits per heavy atom. The molecule has 1 N–H and O–H groups in total. The molecule has 0 bridgehead atoms. The van der Waals surface area contributed by atoms with Crippen LogP contribution in [0.3, 0.4) is 0 Å². The monoisotopic (exact) mass is 278 g/mol. The molecule has 108 valence electrons. The zero-order valence-corrected chi connectivity index (χ0v) is 11.4. The number of esters is 1. The molecule has 1 aliphatic rings. The van der Waals surface area contributed by atoms with Crippen molar-refractivity contribution in [3.63, 3.8) is 0 Å². The van der Waals surface area contributed by atoms with Crippen molar-refractivity contribution in [2.75, 3.05) is 0 Å². The van der Waals surface area contributed by atoms with Crippen molar-refractivity contribution in [3.05, 3.63) is 35.5 Å². The fourth-order valence-electron chi connectivity index (χ4n) is 2.18. The highest BCUT2D eigenvalue weighted by atomic mass is 16.6. The first-order valence-corrected chi connectivity index (χ1v) is 6.79. The lowest BCUT2D eigenvalue weighted by Crippen LogP contribution is -2.11. The molecule has 2 rings (SSSR count). The molecule has 5 heteroatoms. The third kappa shape index (κ3) is 3.29. The number of rotatable bonds is 7. The zero-order chi connectivity index (χ0) is 14.5. The van der Waals surface area contributed by atoms with Crippen molar-refractivity contribution in [3.8, 4) is 0 Å². The minimum Gasteiger partial charge on any atom is -0.507 e. The SMILES string of the molecule is C[C@@H]1OC(=O)C(C(=O)CCCCCc2ccco2)=C1O. The fourth-order valence-corrected chi connectivity index (χ4v) is 2.18. The van der Waals surface area contributed by atoms with Gasteiger partial charge in [-0.25, -0.2) is 4.79 Å². The van der Waals surface area contributed by atoms with E-state index in [0.717, 1.165) is 25.0 Å². The fraction of sp³-hybridized carbons (Fsp3) is 0.467. The molecule has 1 aromatic heterocycles. The largest absolute Gasteiger partial charge is 0.507 e. The van der Waals surface area contributed by atoms with Crippen LogP contribution in [0.5, 0.6) is 0 Å². The number of ether oxygens (including phenoxy) is 1. The Hall–Kier alpha value is -2.04. The Morgan fingerprint density at radius 3 is 2.75 bits per heavy atom. The molecule has 0 fully saturated rings. The third-order valence-corrected chi connectivity index (χ3v) is 3.32. The average Bonchev–Trinajstić information content (AvgIpc) is 2.99. The number of unbranched alkanes of at least 4 members (excludes halogenated alkanes) is 2. The number of carbonyl (C=O) groups is 2. The third-order valence-electron chi connectivity index (χ3n) is 3.32. The summed E-state index contributed by atoms with van der Waals surface area (Å²) in [6.07, 6.45) is 4.49. The van der Waals surface area contributed by atoms with Crippen LogP contribution in [0.2, 0.25) is 0 Å². The second-order valence-electron chi connectivity index (χ2n) is 4.87. The van der Waals surface area contributed by atoms with E-state index < -0.39 is 12.1 Å². The quantitative estimate of drug-likeness (QED) is 0.471. The Morgan fingerprint density at radius 2 is 2.15 bits per heavy atom. The Bertz CT molecular complexity index is 512. The van der Waals surface area contributed by atoms with Gasteiger partial charge in [0.2, 0.25) is 0 Å². The number of ketones is 1. The van der Waals surface area contributed by atoms with Crippen LogP contribution in [0.4, 0.5) is 0 Å². The molecule has 0 saturated carbocycles. The molecule has 2 heterocycles. The van der Waals surface area contributed by atoms with Gasteiger partial charge in [0.25, 0.3) is 0 Å². The molecular weight excluding hydrogens is 260 g/mol. The van der Waals surface area contributed by atoms with Crippen LogP contribution in [-0.2, 0) is 20.7 Å². The van der Waals surface area contributed by atoms with Crippen molar-refractivity contribution in [1.82, 2.24) is 0 Å². The van der Waals surface area contributed by atoms with E-state index in [9.17, 15) is 14.7 Å². The van der Waals surface area contributed by atoms with Crippen LogP contribution in [0, 0.1) is 0 Å². The number of carbonyl (C=O) groups excluding carboxylic acids is 2. The number of aliphatic hydroxyl groups excluding tert-OH is 1. The molecule has 0 aliphatic carbocycles. The van der Waals surface area contributed by atoms with E-state index in [2.05, 4.69) is 0 Å². The van der Waals surface area contributed by atoms with E-state index in [0.29, 0.717) is 6.42 Å². The number of aliphatic hydroxyl groups is 1. The smallest absolute Gasteiger partial charge is 0.346 e. The topological polar surface area (TPSA) is 76.7 Å². The summed E-state index contributed by atoms with van der Waals surface area (Å²) in [7, 11) is 0. The van der Waals surface area contributed by atoms with Crippen molar-refractivity contribution >= 4 is 11.8 Å². The second kappa shape index (κ2) is 6.41. The summed E-state index contributed by atoms with van der Waals surface area (Å²) in [6, 6.07) is 3.77. The Balaban J connectivity index is 1.72. The molecule has 0 unspecified atom stereocenters. The van der Waals surface area contributed by atoms with Crippen LogP contribution in [0.15, 0.2) is 34.1 Å². The van der Waals surface area contributed by atoms with Gasteiger partial charge >= 0.3 is 5.97 Å². The van der Waals surface area contributed by atoms with Gasteiger partial charge in [0.05, 0.1) is 6.26 Å². The molecule has 0 aromatic carbocycles. The summed E-state index contributed by atoms with van der Waals surface area (Å²) < 4.78 is 10.0. The number of hydrogen-bond acceptors (Lipinski definition) is 5. The van der Waals surface area contributed by atoms with Gasteiger partial charge in [-0.2, -0.15) is 0 Å². The van der Waals surface area contributed by atoms with E-state index in [1.165, 1.54) is 6.92 Å². The summed E-state index contributed by atoms with van der Waals surface area (Å²) >= 11 is 0. The van der Waals surface area contributed by atoms with Crippen LogP contribution >= 0.6 is 0 Å².